The Morgan fingerprint density at radius 1 is 1.06 bits per heavy atom. The molecular weight excluding hydrogens is 421 g/mol. The number of piperidine rings is 1. The van der Waals surface area contributed by atoms with Gasteiger partial charge < -0.3 is 10.6 Å². The molecule has 1 aliphatic rings. The highest BCUT2D eigenvalue weighted by atomic mass is 32.2. The topological polar surface area (TPSA) is 54.0 Å². The number of nitrogens with two attached hydrogens (primary N) is 1. The minimum atomic E-state index is -4.06. The molecule has 1 aliphatic heterocycles. The smallest absolute Gasteiger partial charge is 0.377 e. The molecule has 2 aromatic carbocycles. The van der Waals surface area contributed by atoms with Crippen LogP contribution in [0.15, 0.2) is 64.8 Å². The lowest BCUT2D eigenvalue weighted by atomic mass is 9.96. The van der Waals surface area contributed by atoms with Gasteiger partial charge in [0.25, 0.3) is 0 Å². The molecule has 0 bridgehead atoms. The van der Waals surface area contributed by atoms with Crippen LogP contribution in [-0.4, -0.2) is 42.1 Å². The Kier molecular flexibility index (Phi) is 8.54. The van der Waals surface area contributed by atoms with Crippen molar-refractivity contribution in [1.82, 2.24) is 4.90 Å². The molecule has 0 spiro atoms. The van der Waals surface area contributed by atoms with E-state index in [1.54, 1.807) is 6.21 Å². The summed E-state index contributed by atoms with van der Waals surface area (Å²) in [4.78, 5) is 2.11. The van der Waals surface area contributed by atoms with Crippen LogP contribution in [0.1, 0.15) is 29.5 Å². The molecule has 3 rings (SSSR count). The summed E-state index contributed by atoms with van der Waals surface area (Å²) < 4.78 is 38.4. The molecule has 8 heteroatoms. The summed E-state index contributed by atoms with van der Waals surface area (Å²) in [5.74, 6) is -0.413. The maximum Gasteiger partial charge on any atom is 0.391 e. The Hall–Kier alpha value is -2.32. The predicted octanol–water partition coefficient (Wildman–Crippen LogP) is 5.09. The first-order valence-corrected chi connectivity index (χ1v) is 11.3. The average molecular weight is 449 g/mol. The van der Waals surface area contributed by atoms with Gasteiger partial charge in [0.05, 0.1) is 12.1 Å². The standard InChI is InChI=1S/C23H27F3N4S/c24-23(25,26)21-10-13-30(14-11-21)12-9-18-7-4-8-20(15-18)16-28-29-22(27)31-17-19-5-2-1-3-6-19/h1-8,15-16,21H,9-14,17H2,(H2,27,29). The average Bonchev–Trinajstić information content (AvgIpc) is 2.77. The van der Waals surface area contributed by atoms with Gasteiger partial charge in [-0.3, -0.25) is 0 Å². The van der Waals surface area contributed by atoms with Crippen LogP contribution in [0.5, 0.6) is 0 Å². The molecule has 0 aliphatic carbocycles. The number of hydrogen-bond acceptors (Lipinski definition) is 4. The molecule has 31 heavy (non-hydrogen) atoms. The first-order chi connectivity index (χ1) is 14.9. The van der Waals surface area contributed by atoms with E-state index in [9.17, 15) is 13.2 Å². The minimum absolute atomic E-state index is 0.192. The SMILES string of the molecule is NC(=NN=Cc1cccc(CCN2CCC(C(F)(F)F)CC2)c1)SCc1ccccc1. The van der Waals surface area contributed by atoms with Gasteiger partial charge in [-0.1, -0.05) is 66.4 Å². The van der Waals surface area contributed by atoms with Crippen LogP contribution < -0.4 is 5.73 Å². The number of alkyl halides is 3. The molecule has 166 valence electrons. The van der Waals surface area contributed by atoms with Gasteiger partial charge in [-0.2, -0.15) is 18.3 Å². The van der Waals surface area contributed by atoms with Gasteiger partial charge in [0.1, 0.15) is 0 Å². The molecule has 0 atom stereocenters. The largest absolute Gasteiger partial charge is 0.391 e. The van der Waals surface area contributed by atoms with Crippen molar-refractivity contribution in [2.24, 2.45) is 21.9 Å². The van der Waals surface area contributed by atoms with Crippen LogP contribution in [0.4, 0.5) is 13.2 Å². The van der Waals surface area contributed by atoms with Gasteiger partial charge in [0, 0.05) is 12.3 Å². The van der Waals surface area contributed by atoms with Gasteiger partial charge in [0.2, 0.25) is 0 Å². The molecule has 2 N–H and O–H groups in total. The van der Waals surface area contributed by atoms with Crippen molar-refractivity contribution < 1.29 is 13.2 Å². The third-order valence-corrected chi connectivity index (χ3v) is 6.17. The van der Waals surface area contributed by atoms with Gasteiger partial charge >= 0.3 is 6.18 Å². The van der Waals surface area contributed by atoms with Crippen molar-refractivity contribution in [3.63, 3.8) is 0 Å². The second-order valence-corrected chi connectivity index (χ2v) is 8.61. The summed E-state index contributed by atoms with van der Waals surface area (Å²) in [5, 5.41) is 8.51. The normalized spacial score (nSPS) is 16.8. The zero-order valence-electron chi connectivity index (χ0n) is 17.3. The van der Waals surface area contributed by atoms with Gasteiger partial charge in [-0.15, -0.1) is 5.10 Å². The molecule has 4 nitrogen and oxygen atoms in total. The Morgan fingerprint density at radius 3 is 2.48 bits per heavy atom. The lowest BCUT2D eigenvalue weighted by molar-refractivity contribution is -0.185. The summed E-state index contributed by atoms with van der Waals surface area (Å²) in [6.07, 6.45) is -1.23. The summed E-state index contributed by atoms with van der Waals surface area (Å²) >= 11 is 1.43. The fourth-order valence-corrected chi connectivity index (χ4v) is 4.12. The van der Waals surface area contributed by atoms with E-state index in [1.807, 2.05) is 54.6 Å². The third-order valence-electron chi connectivity index (χ3n) is 5.31. The number of amidine groups is 1. The second kappa shape index (κ2) is 11.3. The Morgan fingerprint density at radius 2 is 1.77 bits per heavy atom. The van der Waals surface area contributed by atoms with E-state index in [4.69, 9.17) is 5.73 Å². The molecule has 0 aromatic heterocycles. The first-order valence-electron chi connectivity index (χ1n) is 10.3. The minimum Gasteiger partial charge on any atom is -0.377 e. The summed E-state index contributed by atoms with van der Waals surface area (Å²) in [5.41, 5.74) is 9.11. The number of rotatable bonds is 7. The molecule has 0 radical (unpaired) electrons. The van der Waals surface area contributed by atoms with Crippen molar-refractivity contribution in [2.45, 2.75) is 31.2 Å². The highest BCUT2D eigenvalue weighted by Crippen LogP contribution is 2.34. The van der Waals surface area contributed by atoms with Crippen molar-refractivity contribution in [3.8, 4) is 0 Å². The lowest BCUT2D eigenvalue weighted by Crippen LogP contribution is -2.39. The Labute approximate surface area is 185 Å². The molecule has 0 saturated carbocycles. The van der Waals surface area contributed by atoms with E-state index in [-0.39, 0.29) is 12.8 Å². The maximum atomic E-state index is 12.8. The molecule has 1 fully saturated rings. The summed E-state index contributed by atoms with van der Waals surface area (Å²) in [6.45, 7) is 1.76. The van der Waals surface area contributed by atoms with Crippen LogP contribution >= 0.6 is 11.8 Å². The van der Waals surface area contributed by atoms with Crippen molar-refractivity contribution in [2.75, 3.05) is 19.6 Å². The number of benzene rings is 2. The monoisotopic (exact) mass is 448 g/mol. The first kappa shape index (κ1) is 23.3. The molecular formula is C23H27F3N4S. The summed E-state index contributed by atoms with van der Waals surface area (Å²) in [6, 6.07) is 17.9. The number of nitrogens with zero attached hydrogens (tertiary/aromatic N) is 3. The van der Waals surface area contributed by atoms with E-state index in [0.29, 0.717) is 18.3 Å². The lowest BCUT2D eigenvalue weighted by Gasteiger charge is -2.32. The molecule has 0 amide bonds. The van der Waals surface area contributed by atoms with Crippen LogP contribution in [0.3, 0.4) is 0 Å². The summed E-state index contributed by atoms with van der Waals surface area (Å²) in [7, 11) is 0. The Balaban J connectivity index is 1.44. The van der Waals surface area contributed by atoms with Gasteiger partial charge in [0.15, 0.2) is 5.17 Å². The van der Waals surface area contributed by atoms with Gasteiger partial charge in [-0.25, -0.2) is 0 Å². The van der Waals surface area contributed by atoms with Crippen molar-refractivity contribution in [1.29, 1.82) is 0 Å². The number of halogens is 3. The third kappa shape index (κ3) is 8.03. The molecule has 1 saturated heterocycles. The maximum absolute atomic E-state index is 12.8. The fourth-order valence-electron chi connectivity index (χ4n) is 3.51. The number of likely N-dealkylation sites (tertiary alicyclic amines) is 1. The quantitative estimate of drug-likeness (QED) is 0.365. The van der Waals surface area contributed by atoms with Crippen molar-refractivity contribution >= 4 is 23.1 Å². The predicted molar refractivity (Wildman–Crippen MR) is 122 cm³/mol. The van der Waals surface area contributed by atoms with E-state index < -0.39 is 12.1 Å². The second-order valence-electron chi connectivity index (χ2n) is 7.61. The number of thioether (sulfide) groups is 1. The van der Waals surface area contributed by atoms with E-state index in [2.05, 4.69) is 15.1 Å². The van der Waals surface area contributed by atoms with Crippen LogP contribution in [-0.2, 0) is 12.2 Å². The zero-order chi connectivity index (χ0) is 22.1. The fraction of sp³-hybridized carbons (Fsp3) is 0.391. The Bertz CT molecular complexity index is 876. The van der Waals surface area contributed by atoms with Crippen LogP contribution in [0.2, 0.25) is 0 Å². The van der Waals surface area contributed by atoms with E-state index in [1.165, 1.54) is 17.3 Å². The molecule has 1 heterocycles. The van der Waals surface area contributed by atoms with Crippen LogP contribution in [0, 0.1) is 5.92 Å². The van der Waals surface area contributed by atoms with Gasteiger partial charge in [-0.05, 0) is 49.0 Å². The molecule has 2 aromatic rings. The molecule has 0 unspecified atom stereocenters. The van der Waals surface area contributed by atoms with E-state index >= 15 is 0 Å². The highest BCUT2D eigenvalue weighted by molar-refractivity contribution is 8.13. The zero-order valence-corrected chi connectivity index (χ0v) is 18.1. The van der Waals surface area contributed by atoms with Crippen molar-refractivity contribution in [3.05, 3.63) is 71.3 Å². The van der Waals surface area contributed by atoms with Crippen LogP contribution in [0.25, 0.3) is 0 Å². The highest BCUT2D eigenvalue weighted by Gasteiger charge is 2.40. The number of hydrogen-bond donors (Lipinski definition) is 1. The van der Waals surface area contributed by atoms with E-state index in [0.717, 1.165) is 29.8 Å².